The summed E-state index contributed by atoms with van der Waals surface area (Å²) < 4.78 is 0. The standard InChI is InChI=1S/C27H30N4O2/c1-2-30-26(33)27(18-21-6-3-8-24(16-21)23-9-13-28-14-10-23)11-5-15-31(20-27)25(32)17-22-7-4-12-29-19-22/h3-4,6-10,12-14,16,19H,2,5,11,15,17-18,20H2,1H3,(H,30,33)/t27-/m1/s1. The summed E-state index contributed by atoms with van der Waals surface area (Å²) in [5, 5.41) is 3.04. The quantitative estimate of drug-likeness (QED) is 0.606. The zero-order valence-corrected chi connectivity index (χ0v) is 19.0. The molecule has 1 aliphatic heterocycles. The molecule has 0 bridgehead atoms. The lowest BCUT2D eigenvalue weighted by Gasteiger charge is -2.42. The maximum atomic E-state index is 13.3. The van der Waals surface area contributed by atoms with Gasteiger partial charge in [-0.2, -0.15) is 0 Å². The Hall–Kier alpha value is -3.54. The molecule has 1 N–H and O–H groups in total. The molecular formula is C27H30N4O2. The van der Waals surface area contributed by atoms with Crippen LogP contribution in [-0.4, -0.2) is 46.3 Å². The minimum atomic E-state index is -0.643. The predicted molar refractivity (Wildman–Crippen MR) is 128 cm³/mol. The van der Waals surface area contributed by atoms with Gasteiger partial charge in [0.1, 0.15) is 0 Å². The number of benzene rings is 1. The summed E-state index contributed by atoms with van der Waals surface area (Å²) >= 11 is 0. The molecule has 3 aromatic rings. The Kier molecular flexibility index (Phi) is 7.13. The van der Waals surface area contributed by atoms with Crippen molar-refractivity contribution < 1.29 is 9.59 Å². The average molecular weight is 443 g/mol. The fourth-order valence-electron chi connectivity index (χ4n) is 4.69. The van der Waals surface area contributed by atoms with Gasteiger partial charge in [-0.05, 0) is 66.6 Å². The van der Waals surface area contributed by atoms with E-state index < -0.39 is 5.41 Å². The highest BCUT2D eigenvalue weighted by Crippen LogP contribution is 2.35. The van der Waals surface area contributed by atoms with Crippen molar-refractivity contribution in [3.8, 4) is 11.1 Å². The summed E-state index contributed by atoms with van der Waals surface area (Å²) in [6.45, 7) is 3.61. The van der Waals surface area contributed by atoms with Gasteiger partial charge in [-0.25, -0.2) is 0 Å². The van der Waals surface area contributed by atoms with E-state index in [1.807, 2.05) is 42.2 Å². The normalized spacial score (nSPS) is 18.0. The fourth-order valence-corrected chi connectivity index (χ4v) is 4.69. The van der Waals surface area contributed by atoms with Crippen LogP contribution >= 0.6 is 0 Å². The maximum absolute atomic E-state index is 13.3. The number of pyridine rings is 2. The van der Waals surface area contributed by atoms with Crippen LogP contribution in [0.15, 0.2) is 73.3 Å². The van der Waals surface area contributed by atoms with E-state index in [9.17, 15) is 9.59 Å². The molecule has 170 valence electrons. The second-order valence-corrected chi connectivity index (χ2v) is 8.71. The van der Waals surface area contributed by atoms with Gasteiger partial charge < -0.3 is 10.2 Å². The van der Waals surface area contributed by atoms with Crippen LogP contribution in [0.3, 0.4) is 0 Å². The monoisotopic (exact) mass is 442 g/mol. The first-order chi connectivity index (χ1) is 16.1. The third-order valence-electron chi connectivity index (χ3n) is 6.31. The van der Waals surface area contributed by atoms with Crippen molar-refractivity contribution in [2.24, 2.45) is 5.41 Å². The fraction of sp³-hybridized carbons (Fsp3) is 0.333. The van der Waals surface area contributed by atoms with Gasteiger partial charge in [0.05, 0.1) is 11.8 Å². The number of amides is 2. The average Bonchev–Trinajstić information content (AvgIpc) is 2.85. The van der Waals surface area contributed by atoms with Gasteiger partial charge in [0.25, 0.3) is 0 Å². The molecule has 6 heteroatoms. The lowest BCUT2D eigenvalue weighted by atomic mass is 9.74. The van der Waals surface area contributed by atoms with Crippen LogP contribution in [0.1, 0.15) is 30.9 Å². The van der Waals surface area contributed by atoms with E-state index in [-0.39, 0.29) is 11.8 Å². The van der Waals surface area contributed by atoms with Gasteiger partial charge in [0, 0.05) is 44.4 Å². The molecule has 1 aliphatic rings. The van der Waals surface area contributed by atoms with Crippen LogP contribution in [0.5, 0.6) is 0 Å². The van der Waals surface area contributed by atoms with Crippen molar-refractivity contribution >= 4 is 11.8 Å². The Labute approximate surface area is 195 Å². The number of likely N-dealkylation sites (tertiary alicyclic amines) is 1. The molecule has 2 aromatic heterocycles. The van der Waals surface area contributed by atoms with Crippen molar-refractivity contribution in [1.82, 2.24) is 20.2 Å². The van der Waals surface area contributed by atoms with Crippen molar-refractivity contribution in [1.29, 1.82) is 0 Å². The first-order valence-corrected chi connectivity index (χ1v) is 11.5. The smallest absolute Gasteiger partial charge is 0.228 e. The van der Waals surface area contributed by atoms with E-state index in [1.54, 1.807) is 24.8 Å². The Balaban J connectivity index is 1.57. The number of hydrogen-bond donors (Lipinski definition) is 1. The van der Waals surface area contributed by atoms with E-state index >= 15 is 0 Å². The summed E-state index contributed by atoms with van der Waals surface area (Å²) in [5.74, 6) is 0.0695. The minimum Gasteiger partial charge on any atom is -0.356 e. The molecule has 1 aromatic carbocycles. The molecule has 1 saturated heterocycles. The summed E-state index contributed by atoms with van der Waals surface area (Å²) in [5.41, 5.74) is 3.53. The number of nitrogens with zero attached hydrogens (tertiary/aromatic N) is 3. The van der Waals surface area contributed by atoms with E-state index in [4.69, 9.17) is 0 Å². The molecule has 0 spiro atoms. The second kappa shape index (κ2) is 10.4. The molecule has 2 amide bonds. The number of nitrogens with one attached hydrogen (secondary N) is 1. The molecule has 3 heterocycles. The highest BCUT2D eigenvalue weighted by atomic mass is 16.2. The van der Waals surface area contributed by atoms with E-state index in [2.05, 4.69) is 33.5 Å². The SMILES string of the molecule is CCNC(=O)[C@@]1(Cc2cccc(-c3ccncc3)c2)CCCN(C(=O)Cc2cccnc2)C1. The first kappa shape index (κ1) is 22.6. The molecule has 4 rings (SSSR count). The molecule has 33 heavy (non-hydrogen) atoms. The van der Waals surface area contributed by atoms with Crippen LogP contribution in [0.2, 0.25) is 0 Å². The highest BCUT2D eigenvalue weighted by molar-refractivity contribution is 5.85. The lowest BCUT2D eigenvalue weighted by Crippen LogP contribution is -2.54. The molecular weight excluding hydrogens is 412 g/mol. The van der Waals surface area contributed by atoms with Crippen molar-refractivity contribution in [3.63, 3.8) is 0 Å². The molecule has 6 nitrogen and oxygen atoms in total. The number of piperidine rings is 1. The van der Waals surface area contributed by atoms with Gasteiger partial charge in [-0.15, -0.1) is 0 Å². The van der Waals surface area contributed by atoms with Crippen molar-refractivity contribution in [2.45, 2.75) is 32.6 Å². The number of rotatable bonds is 7. The van der Waals surface area contributed by atoms with Crippen LogP contribution in [0.4, 0.5) is 0 Å². The minimum absolute atomic E-state index is 0.0261. The van der Waals surface area contributed by atoms with E-state index in [1.165, 1.54) is 0 Å². The second-order valence-electron chi connectivity index (χ2n) is 8.71. The lowest BCUT2D eigenvalue weighted by molar-refractivity contribution is -0.141. The zero-order chi connectivity index (χ0) is 23.1. The number of carbonyl (C=O) groups excluding carboxylic acids is 2. The summed E-state index contributed by atoms with van der Waals surface area (Å²) in [6.07, 6.45) is 9.45. The molecule has 1 fully saturated rings. The van der Waals surface area contributed by atoms with Gasteiger partial charge in [0.15, 0.2) is 0 Å². The van der Waals surface area contributed by atoms with Crippen molar-refractivity contribution in [3.05, 3.63) is 84.4 Å². The van der Waals surface area contributed by atoms with Crippen LogP contribution in [0, 0.1) is 5.41 Å². The molecule has 0 unspecified atom stereocenters. The van der Waals surface area contributed by atoms with Gasteiger partial charge in [-0.1, -0.05) is 30.3 Å². The van der Waals surface area contributed by atoms with Crippen LogP contribution in [0.25, 0.3) is 11.1 Å². The number of carbonyl (C=O) groups is 2. The third kappa shape index (κ3) is 5.45. The van der Waals surface area contributed by atoms with E-state index in [0.717, 1.165) is 35.1 Å². The Bertz CT molecular complexity index is 1090. The topological polar surface area (TPSA) is 75.2 Å². The van der Waals surface area contributed by atoms with Crippen LogP contribution in [-0.2, 0) is 22.4 Å². The Morgan fingerprint density at radius 3 is 2.58 bits per heavy atom. The van der Waals surface area contributed by atoms with Gasteiger partial charge in [-0.3, -0.25) is 19.6 Å². The van der Waals surface area contributed by atoms with E-state index in [0.29, 0.717) is 32.5 Å². The van der Waals surface area contributed by atoms with Gasteiger partial charge in [0.2, 0.25) is 11.8 Å². The van der Waals surface area contributed by atoms with Gasteiger partial charge >= 0.3 is 0 Å². The maximum Gasteiger partial charge on any atom is 0.228 e. The molecule has 0 aliphatic carbocycles. The van der Waals surface area contributed by atoms with Crippen molar-refractivity contribution in [2.75, 3.05) is 19.6 Å². The number of hydrogen-bond acceptors (Lipinski definition) is 4. The number of aromatic nitrogens is 2. The Morgan fingerprint density at radius 2 is 1.82 bits per heavy atom. The largest absolute Gasteiger partial charge is 0.356 e. The van der Waals surface area contributed by atoms with Crippen LogP contribution < -0.4 is 5.32 Å². The highest BCUT2D eigenvalue weighted by Gasteiger charge is 2.43. The summed E-state index contributed by atoms with van der Waals surface area (Å²) in [7, 11) is 0. The predicted octanol–water partition coefficient (Wildman–Crippen LogP) is 3.67. The Morgan fingerprint density at radius 1 is 1.00 bits per heavy atom. The molecule has 1 atom stereocenters. The summed E-state index contributed by atoms with van der Waals surface area (Å²) in [6, 6.07) is 16.0. The molecule has 0 radical (unpaired) electrons. The molecule has 0 saturated carbocycles. The summed E-state index contributed by atoms with van der Waals surface area (Å²) in [4.78, 5) is 36.5. The third-order valence-corrected chi connectivity index (χ3v) is 6.31. The zero-order valence-electron chi connectivity index (χ0n) is 19.0. The first-order valence-electron chi connectivity index (χ1n) is 11.5.